The lowest BCUT2D eigenvalue weighted by atomic mass is 10.1. The highest BCUT2D eigenvalue weighted by Crippen LogP contribution is 2.22. The topological polar surface area (TPSA) is 50.8 Å². The largest absolute Gasteiger partial charge is 0.371 e. The number of fused-ring (bicyclic) bond motifs is 1. The highest BCUT2D eigenvalue weighted by Gasteiger charge is 2.06. The van der Waals surface area contributed by atoms with Crippen molar-refractivity contribution in [2.75, 3.05) is 0 Å². The van der Waals surface area contributed by atoms with E-state index in [0.29, 0.717) is 6.61 Å². The number of rotatable bonds is 4. The first-order chi connectivity index (χ1) is 10.7. The van der Waals surface area contributed by atoms with Crippen molar-refractivity contribution in [3.63, 3.8) is 0 Å². The second-order valence-corrected chi connectivity index (χ2v) is 5.01. The SMILES string of the molecule is CC.CC(C)OCc1nc2ccc(-c3ccncc3)cc2[nH]1. The maximum absolute atomic E-state index is 5.57. The van der Waals surface area contributed by atoms with Crippen molar-refractivity contribution in [1.82, 2.24) is 15.0 Å². The van der Waals surface area contributed by atoms with Crippen molar-refractivity contribution in [1.29, 1.82) is 0 Å². The van der Waals surface area contributed by atoms with E-state index in [2.05, 4.69) is 27.1 Å². The third-order valence-corrected chi connectivity index (χ3v) is 3.10. The molecular formula is C18H23N3O. The summed E-state index contributed by atoms with van der Waals surface area (Å²) in [5, 5.41) is 0. The van der Waals surface area contributed by atoms with Crippen LogP contribution in [0.1, 0.15) is 33.5 Å². The molecule has 2 heterocycles. The smallest absolute Gasteiger partial charge is 0.133 e. The van der Waals surface area contributed by atoms with Crippen LogP contribution >= 0.6 is 0 Å². The molecule has 0 unspecified atom stereocenters. The molecule has 22 heavy (non-hydrogen) atoms. The van der Waals surface area contributed by atoms with Crippen molar-refractivity contribution >= 4 is 11.0 Å². The van der Waals surface area contributed by atoms with E-state index >= 15 is 0 Å². The molecule has 1 N–H and O–H groups in total. The Bertz CT molecular complexity index is 705. The average Bonchev–Trinajstić information content (AvgIpc) is 2.97. The first-order valence-electron chi connectivity index (χ1n) is 7.73. The van der Waals surface area contributed by atoms with Gasteiger partial charge < -0.3 is 9.72 Å². The molecule has 3 aromatic rings. The molecule has 0 saturated heterocycles. The molecule has 0 amide bonds. The number of aromatic nitrogens is 3. The van der Waals surface area contributed by atoms with Gasteiger partial charge in [-0.15, -0.1) is 0 Å². The van der Waals surface area contributed by atoms with Crippen LogP contribution in [0.5, 0.6) is 0 Å². The average molecular weight is 297 g/mol. The van der Waals surface area contributed by atoms with Gasteiger partial charge in [0.25, 0.3) is 0 Å². The lowest BCUT2D eigenvalue weighted by Crippen LogP contribution is -2.03. The monoisotopic (exact) mass is 297 g/mol. The van der Waals surface area contributed by atoms with E-state index < -0.39 is 0 Å². The summed E-state index contributed by atoms with van der Waals surface area (Å²) in [5.41, 5.74) is 4.29. The van der Waals surface area contributed by atoms with Crippen LogP contribution in [0.2, 0.25) is 0 Å². The van der Waals surface area contributed by atoms with Crippen LogP contribution in [0.15, 0.2) is 42.7 Å². The summed E-state index contributed by atoms with van der Waals surface area (Å²) in [6, 6.07) is 10.2. The molecule has 0 spiro atoms. The van der Waals surface area contributed by atoms with E-state index in [1.807, 2.05) is 45.9 Å². The Morgan fingerprint density at radius 3 is 2.45 bits per heavy atom. The Morgan fingerprint density at radius 1 is 1.05 bits per heavy atom. The van der Waals surface area contributed by atoms with Gasteiger partial charge in [0.1, 0.15) is 12.4 Å². The molecule has 0 aliphatic carbocycles. The van der Waals surface area contributed by atoms with Crippen molar-refractivity contribution in [2.24, 2.45) is 0 Å². The third-order valence-electron chi connectivity index (χ3n) is 3.10. The number of H-pyrrole nitrogens is 1. The fourth-order valence-corrected chi connectivity index (χ4v) is 2.10. The molecule has 4 nitrogen and oxygen atoms in total. The third kappa shape index (κ3) is 3.92. The van der Waals surface area contributed by atoms with Crippen LogP contribution in [-0.2, 0) is 11.3 Å². The molecule has 0 saturated carbocycles. The minimum absolute atomic E-state index is 0.204. The van der Waals surface area contributed by atoms with Gasteiger partial charge in [0.2, 0.25) is 0 Å². The van der Waals surface area contributed by atoms with Crippen molar-refractivity contribution in [3.05, 3.63) is 48.5 Å². The lowest BCUT2D eigenvalue weighted by Gasteiger charge is -2.03. The number of hydrogen-bond donors (Lipinski definition) is 1. The quantitative estimate of drug-likeness (QED) is 0.767. The minimum atomic E-state index is 0.204. The number of pyridine rings is 1. The summed E-state index contributed by atoms with van der Waals surface area (Å²) in [4.78, 5) is 11.9. The first kappa shape index (κ1) is 16.2. The predicted octanol–water partition coefficient (Wildman–Crippen LogP) is 4.58. The molecule has 0 radical (unpaired) electrons. The van der Waals surface area contributed by atoms with Crippen LogP contribution in [0.25, 0.3) is 22.2 Å². The molecule has 0 aliphatic heterocycles. The van der Waals surface area contributed by atoms with Gasteiger partial charge in [-0.3, -0.25) is 4.98 Å². The van der Waals surface area contributed by atoms with E-state index in [1.165, 1.54) is 0 Å². The summed E-state index contributed by atoms with van der Waals surface area (Å²) in [7, 11) is 0. The lowest BCUT2D eigenvalue weighted by molar-refractivity contribution is 0.0618. The van der Waals surface area contributed by atoms with Crippen molar-refractivity contribution < 1.29 is 4.74 Å². The number of hydrogen-bond acceptors (Lipinski definition) is 3. The molecule has 116 valence electrons. The zero-order valence-corrected chi connectivity index (χ0v) is 13.6. The molecule has 0 fully saturated rings. The number of imidazole rings is 1. The van der Waals surface area contributed by atoms with Crippen LogP contribution in [0.4, 0.5) is 0 Å². The van der Waals surface area contributed by atoms with Gasteiger partial charge in [0.05, 0.1) is 17.1 Å². The van der Waals surface area contributed by atoms with Gasteiger partial charge in [-0.2, -0.15) is 0 Å². The van der Waals surface area contributed by atoms with Crippen LogP contribution in [-0.4, -0.2) is 21.1 Å². The molecule has 2 aromatic heterocycles. The number of nitrogens with one attached hydrogen (secondary N) is 1. The maximum Gasteiger partial charge on any atom is 0.133 e. The highest BCUT2D eigenvalue weighted by molar-refractivity contribution is 5.81. The zero-order chi connectivity index (χ0) is 15.9. The Balaban J connectivity index is 0.000000847. The van der Waals surface area contributed by atoms with Crippen LogP contribution in [0.3, 0.4) is 0 Å². The van der Waals surface area contributed by atoms with Gasteiger partial charge in [0, 0.05) is 12.4 Å². The van der Waals surface area contributed by atoms with Crippen molar-refractivity contribution in [3.8, 4) is 11.1 Å². The van der Waals surface area contributed by atoms with Gasteiger partial charge in [0.15, 0.2) is 0 Å². The normalized spacial score (nSPS) is 10.6. The molecule has 0 atom stereocenters. The van der Waals surface area contributed by atoms with Gasteiger partial charge in [-0.25, -0.2) is 4.98 Å². The molecule has 0 bridgehead atoms. The van der Waals surface area contributed by atoms with Crippen LogP contribution < -0.4 is 0 Å². The van der Waals surface area contributed by atoms with Gasteiger partial charge >= 0.3 is 0 Å². The van der Waals surface area contributed by atoms with E-state index in [9.17, 15) is 0 Å². The maximum atomic E-state index is 5.57. The zero-order valence-electron chi connectivity index (χ0n) is 13.6. The highest BCUT2D eigenvalue weighted by atomic mass is 16.5. The molecule has 4 heteroatoms. The van der Waals surface area contributed by atoms with E-state index in [0.717, 1.165) is 28.0 Å². The fourth-order valence-electron chi connectivity index (χ4n) is 2.10. The fraction of sp³-hybridized carbons (Fsp3) is 0.333. The second kappa shape index (κ2) is 7.71. The Hall–Kier alpha value is -2.20. The summed E-state index contributed by atoms with van der Waals surface area (Å²) in [5.74, 6) is 0.862. The molecular weight excluding hydrogens is 274 g/mol. The predicted molar refractivity (Wildman–Crippen MR) is 90.6 cm³/mol. The standard InChI is InChI=1S/C16H17N3O.C2H6/c1-11(2)20-10-16-18-14-4-3-13(9-15(14)19-16)12-5-7-17-8-6-12;1-2/h3-9,11H,10H2,1-2H3,(H,18,19);1-2H3. The van der Waals surface area contributed by atoms with E-state index in [1.54, 1.807) is 12.4 Å². The summed E-state index contributed by atoms with van der Waals surface area (Å²) in [6.45, 7) is 8.55. The number of ether oxygens (including phenoxy) is 1. The molecule has 1 aromatic carbocycles. The van der Waals surface area contributed by atoms with Gasteiger partial charge in [-0.05, 0) is 49.2 Å². The number of aromatic amines is 1. The van der Waals surface area contributed by atoms with E-state index in [4.69, 9.17) is 4.74 Å². The second-order valence-electron chi connectivity index (χ2n) is 5.01. The van der Waals surface area contributed by atoms with Crippen LogP contribution in [0, 0.1) is 0 Å². The summed E-state index contributed by atoms with van der Waals surface area (Å²) in [6.07, 6.45) is 3.80. The van der Waals surface area contributed by atoms with Crippen molar-refractivity contribution in [2.45, 2.75) is 40.4 Å². The minimum Gasteiger partial charge on any atom is -0.371 e. The Kier molecular flexibility index (Phi) is 5.67. The van der Waals surface area contributed by atoms with Gasteiger partial charge in [-0.1, -0.05) is 19.9 Å². The Morgan fingerprint density at radius 2 is 1.77 bits per heavy atom. The Labute approximate surface area is 131 Å². The first-order valence-corrected chi connectivity index (χ1v) is 7.73. The summed E-state index contributed by atoms with van der Waals surface area (Å²) < 4.78 is 5.57. The van der Waals surface area contributed by atoms with E-state index in [-0.39, 0.29) is 6.10 Å². The number of nitrogens with zero attached hydrogens (tertiary/aromatic N) is 2. The number of benzene rings is 1. The summed E-state index contributed by atoms with van der Waals surface area (Å²) >= 11 is 0. The molecule has 3 rings (SSSR count). The molecule has 0 aliphatic rings.